The molecule has 1 saturated heterocycles. The summed E-state index contributed by atoms with van der Waals surface area (Å²) >= 11 is 0. The van der Waals surface area contributed by atoms with Gasteiger partial charge in [0.1, 0.15) is 0 Å². The van der Waals surface area contributed by atoms with E-state index in [4.69, 9.17) is 0 Å². The van der Waals surface area contributed by atoms with Gasteiger partial charge in [-0.15, -0.1) is 0 Å². The van der Waals surface area contributed by atoms with Crippen LogP contribution in [0.1, 0.15) is 25.0 Å². The zero-order valence-electron chi connectivity index (χ0n) is 18.8. The summed E-state index contributed by atoms with van der Waals surface area (Å²) in [7, 11) is 0. The fourth-order valence-electron chi connectivity index (χ4n) is 3.78. The predicted molar refractivity (Wildman–Crippen MR) is 122 cm³/mol. The molecular formula is C24H29F3N4O2. The van der Waals surface area contributed by atoms with Gasteiger partial charge in [0.15, 0.2) is 0 Å². The zero-order valence-corrected chi connectivity index (χ0v) is 18.8. The van der Waals surface area contributed by atoms with Crippen LogP contribution in [-0.4, -0.2) is 60.4 Å². The Balaban J connectivity index is 1.47. The summed E-state index contributed by atoms with van der Waals surface area (Å²) in [4.78, 5) is 28.9. The molecule has 0 aliphatic carbocycles. The van der Waals surface area contributed by atoms with Crippen molar-refractivity contribution in [1.29, 1.82) is 0 Å². The van der Waals surface area contributed by atoms with Gasteiger partial charge in [0.25, 0.3) is 0 Å². The second-order valence-electron chi connectivity index (χ2n) is 8.12. The minimum absolute atomic E-state index is 0.00954. The Morgan fingerprint density at radius 2 is 1.61 bits per heavy atom. The van der Waals surface area contributed by atoms with E-state index < -0.39 is 17.6 Å². The summed E-state index contributed by atoms with van der Waals surface area (Å²) < 4.78 is 39.3. The molecule has 2 amide bonds. The lowest BCUT2D eigenvalue weighted by atomic mass is 10.1. The maximum absolute atomic E-state index is 13.1. The lowest BCUT2D eigenvalue weighted by Gasteiger charge is -2.37. The first-order valence-corrected chi connectivity index (χ1v) is 11.0. The average Bonchev–Trinajstić information content (AvgIpc) is 2.79. The van der Waals surface area contributed by atoms with E-state index in [1.54, 1.807) is 0 Å². The summed E-state index contributed by atoms with van der Waals surface area (Å²) in [5.41, 5.74) is 0.833. The minimum Gasteiger partial charge on any atom is -0.325 e. The molecule has 1 aliphatic rings. The highest BCUT2D eigenvalue weighted by Gasteiger charge is 2.34. The van der Waals surface area contributed by atoms with Gasteiger partial charge in [0.05, 0.1) is 23.8 Å². The number of carbonyl (C=O) groups is 2. The number of nitrogens with zero attached hydrogens (tertiary/aromatic N) is 2. The topological polar surface area (TPSA) is 64.7 Å². The number of hydrogen-bond donors (Lipinski definition) is 2. The molecule has 33 heavy (non-hydrogen) atoms. The first-order valence-electron chi connectivity index (χ1n) is 11.0. The maximum Gasteiger partial charge on any atom is 0.418 e. The van der Waals surface area contributed by atoms with Crippen molar-refractivity contribution in [1.82, 2.24) is 9.80 Å². The van der Waals surface area contributed by atoms with Crippen molar-refractivity contribution in [3.8, 4) is 0 Å². The van der Waals surface area contributed by atoms with Crippen LogP contribution in [0.15, 0.2) is 48.5 Å². The Kier molecular flexibility index (Phi) is 8.10. The van der Waals surface area contributed by atoms with Crippen LogP contribution in [0.5, 0.6) is 0 Å². The summed E-state index contributed by atoms with van der Waals surface area (Å²) in [5, 5.41) is 5.30. The van der Waals surface area contributed by atoms with Crippen molar-refractivity contribution in [2.45, 2.75) is 32.5 Å². The van der Waals surface area contributed by atoms with Crippen LogP contribution in [0.4, 0.5) is 24.5 Å². The van der Waals surface area contributed by atoms with E-state index in [0.717, 1.165) is 18.2 Å². The first kappa shape index (κ1) is 24.7. The summed E-state index contributed by atoms with van der Waals surface area (Å²) in [6, 6.07) is 12.3. The smallest absolute Gasteiger partial charge is 0.325 e. The lowest BCUT2D eigenvalue weighted by Crippen LogP contribution is -2.53. The van der Waals surface area contributed by atoms with Crippen LogP contribution in [0.3, 0.4) is 0 Å². The number of amides is 2. The second kappa shape index (κ2) is 10.8. The molecular weight excluding hydrogens is 433 g/mol. The van der Waals surface area contributed by atoms with Crippen molar-refractivity contribution in [2.75, 3.05) is 43.4 Å². The van der Waals surface area contributed by atoms with Gasteiger partial charge in [-0.2, -0.15) is 13.2 Å². The van der Waals surface area contributed by atoms with E-state index in [1.165, 1.54) is 23.8 Å². The van der Waals surface area contributed by atoms with E-state index in [-0.39, 0.29) is 24.2 Å². The molecule has 2 aromatic carbocycles. The molecule has 0 aromatic heterocycles. The molecule has 178 valence electrons. The van der Waals surface area contributed by atoms with Crippen LogP contribution >= 0.6 is 0 Å². The average molecular weight is 463 g/mol. The highest BCUT2D eigenvalue weighted by atomic mass is 19.4. The molecule has 2 N–H and O–H groups in total. The molecule has 6 nitrogen and oxygen atoms in total. The molecule has 1 unspecified atom stereocenters. The van der Waals surface area contributed by atoms with Crippen LogP contribution in [0.2, 0.25) is 0 Å². The minimum atomic E-state index is -4.54. The first-order chi connectivity index (χ1) is 15.7. The highest BCUT2D eigenvalue weighted by molar-refractivity contribution is 5.94. The number of aryl methyl sites for hydroxylation is 1. The van der Waals surface area contributed by atoms with Crippen molar-refractivity contribution in [3.05, 3.63) is 59.7 Å². The van der Waals surface area contributed by atoms with E-state index in [0.29, 0.717) is 26.2 Å². The molecule has 1 aliphatic heterocycles. The largest absolute Gasteiger partial charge is 0.418 e. The van der Waals surface area contributed by atoms with Gasteiger partial charge >= 0.3 is 6.18 Å². The van der Waals surface area contributed by atoms with Gasteiger partial charge < -0.3 is 10.6 Å². The molecule has 0 spiro atoms. The summed E-state index contributed by atoms with van der Waals surface area (Å²) in [6.07, 6.45) is -3.61. The van der Waals surface area contributed by atoms with E-state index in [9.17, 15) is 22.8 Å². The number of nitrogens with one attached hydrogen (secondary N) is 2. The standard InChI is InChI=1S/C24H29F3N4O2/c1-3-18-8-10-19(11-9-18)28-23(33)17(2)31-14-12-30(13-15-31)16-22(32)29-21-7-5-4-6-20(21)24(25,26)27/h4-11,17H,3,12-16H2,1-2H3,(H,28,33)(H,29,32). The summed E-state index contributed by atoms with van der Waals surface area (Å²) in [6.45, 7) is 6.14. The zero-order chi connectivity index (χ0) is 24.0. The van der Waals surface area contributed by atoms with Crippen LogP contribution in [0, 0.1) is 0 Å². The molecule has 9 heteroatoms. The normalized spacial score (nSPS) is 16.3. The number of alkyl halides is 3. The Hall–Kier alpha value is -2.91. The van der Waals surface area contributed by atoms with Crippen LogP contribution < -0.4 is 10.6 Å². The van der Waals surface area contributed by atoms with E-state index >= 15 is 0 Å². The van der Waals surface area contributed by atoms with E-state index in [2.05, 4.69) is 17.6 Å². The van der Waals surface area contributed by atoms with Gasteiger partial charge in [-0.3, -0.25) is 19.4 Å². The molecule has 1 heterocycles. The fourth-order valence-corrected chi connectivity index (χ4v) is 3.78. The van der Waals surface area contributed by atoms with Gasteiger partial charge in [-0.25, -0.2) is 0 Å². The molecule has 3 rings (SSSR count). The Morgan fingerprint density at radius 1 is 0.970 bits per heavy atom. The third kappa shape index (κ3) is 6.79. The number of rotatable bonds is 7. The molecule has 0 radical (unpaired) electrons. The van der Waals surface area contributed by atoms with E-state index in [1.807, 2.05) is 41.0 Å². The maximum atomic E-state index is 13.1. The number of para-hydroxylation sites is 1. The second-order valence-corrected chi connectivity index (χ2v) is 8.12. The Bertz CT molecular complexity index is 955. The fraction of sp³-hybridized carbons (Fsp3) is 0.417. The highest BCUT2D eigenvalue weighted by Crippen LogP contribution is 2.34. The molecule has 1 atom stereocenters. The summed E-state index contributed by atoms with van der Waals surface area (Å²) in [5.74, 6) is -0.601. The number of halogens is 3. The predicted octanol–water partition coefficient (Wildman–Crippen LogP) is 3.85. The Labute approximate surface area is 191 Å². The van der Waals surface area contributed by atoms with Crippen molar-refractivity contribution in [3.63, 3.8) is 0 Å². The number of piperazine rings is 1. The monoisotopic (exact) mass is 462 g/mol. The number of hydrogen-bond acceptors (Lipinski definition) is 4. The molecule has 0 bridgehead atoms. The van der Waals surface area contributed by atoms with Crippen LogP contribution in [0.25, 0.3) is 0 Å². The van der Waals surface area contributed by atoms with Crippen molar-refractivity contribution < 1.29 is 22.8 Å². The van der Waals surface area contributed by atoms with Crippen LogP contribution in [-0.2, 0) is 22.2 Å². The van der Waals surface area contributed by atoms with Crippen molar-refractivity contribution in [2.24, 2.45) is 0 Å². The van der Waals surface area contributed by atoms with Crippen molar-refractivity contribution >= 4 is 23.2 Å². The SMILES string of the molecule is CCc1ccc(NC(=O)C(C)N2CCN(CC(=O)Nc3ccccc3C(F)(F)F)CC2)cc1. The van der Waals surface area contributed by atoms with Gasteiger partial charge in [0, 0.05) is 31.9 Å². The third-order valence-electron chi connectivity index (χ3n) is 5.84. The number of carbonyl (C=O) groups excluding carboxylic acids is 2. The van der Waals surface area contributed by atoms with Gasteiger partial charge in [0.2, 0.25) is 11.8 Å². The third-order valence-corrected chi connectivity index (χ3v) is 5.84. The number of anilines is 2. The number of benzene rings is 2. The Morgan fingerprint density at radius 3 is 2.21 bits per heavy atom. The quantitative estimate of drug-likeness (QED) is 0.656. The van der Waals surface area contributed by atoms with Gasteiger partial charge in [-0.1, -0.05) is 31.2 Å². The van der Waals surface area contributed by atoms with Gasteiger partial charge in [-0.05, 0) is 43.2 Å². The molecule has 0 saturated carbocycles. The molecule has 2 aromatic rings. The molecule has 1 fully saturated rings. The lowest BCUT2D eigenvalue weighted by molar-refractivity contribution is -0.137.